The smallest absolute Gasteiger partial charge is 0.251 e. The van der Waals surface area contributed by atoms with E-state index < -0.39 is 6.04 Å². The van der Waals surface area contributed by atoms with E-state index in [0.717, 1.165) is 30.7 Å². The van der Waals surface area contributed by atoms with Gasteiger partial charge in [-0.05, 0) is 44.0 Å². The van der Waals surface area contributed by atoms with E-state index in [1.807, 2.05) is 0 Å². The van der Waals surface area contributed by atoms with Crippen LogP contribution in [0.4, 0.5) is 5.69 Å². The maximum atomic E-state index is 12.9. The van der Waals surface area contributed by atoms with Crippen molar-refractivity contribution in [1.82, 2.24) is 4.90 Å². The van der Waals surface area contributed by atoms with Gasteiger partial charge in [0.15, 0.2) is 0 Å². The summed E-state index contributed by atoms with van der Waals surface area (Å²) in [6.07, 6.45) is 3.79. The number of aliphatic hydroxyl groups is 1. The van der Waals surface area contributed by atoms with Gasteiger partial charge in [-0.1, -0.05) is 29.6 Å². The van der Waals surface area contributed by atoms with Crippen LogP contribution in [0.3, 0.4) is 0 Å². The van der Waals surface area contributed by atoms with Crippen LogP contribution < -0.4 is 4.90 Å². The Labute approximate surface area is 151 Å². The van der Waals surface area contributed by atoms with E-state index in [1.165, 1.54) is 0 Å². The molecular formula is C17H20Cl2N2O3. The molecule has 0 spiro atoms. The normalized spacial score (nSPS) is 25.5. The van der Waals surface area contributed by atoms with E-state index in [2.05, 4.69) is 4.90 Å². The van der Waals surface area contributed by atoms with Gasteiger partial charge >= 0.3 is 0 Å². The van der Waals surface area contributed by atoms with Crippen molar-refractivity contribution < 1.29 is 14.7 Å². The van der Waals surface area contributed by atoms with Gasteiger partial charge in [0, 0.05) is 17.7 Å². The molecule has 1 aromatic rings. The van der Waals surface area contributed by atoms with E-state index >= 15 is 0 Å². The Morgan fingerprint density at radius 1 is 1.21 bits per heavy atom. The number of carbonyl (C=O) groups excluding carboxylic acids is 2. The fourth-order valence-corrected chi connectivity index (χ4v) is 4.05. The molecule has 0 aliphatic carbocycles. The molecule has 2 heterocycles. The number of imide groups is 1. The summed E-state index contributed by atoms with van der Waals surface area (Å²) < 4.78 is 0. The Morgan fingerprint density at radius 3 is 2.75 bits per heavy atom. The zero-order valence-corrected chi connectivity index (χ0v) is 14.8. The van der Waals surface area contributed by atoms with Crippen molar-refractivity contribution in [3.05, 3.63) is 28.2 Å². The molecule has 2 fully saturated rings. The lowest BCUT2D eigenvalue weighted by Crippen LogP contribution is -2.50. The Balaban J connectivity index is 1.87. The summed E-state index contributed by atoms with van der Waals surface area (Å²) in [4.78, 5) is 28.7. The standard InChI is InChI=1S/C17H20Cl2N2O3/c18-11-4-5-13(19)14(9-11)21-16(23)10-15(17(21)24)20-7-2-1-3-12(20)6-8-22/h4-5,9,12,15,22H,1-3,6-8,10H2. The van der Waals surface area contributed by atoms with Crippen LogP contribution in [0.15, 0.2) is 18.2 Å². The molecule has 0 aromatic heterocycles. The molecule has 2 aliphatic rings. The molecule has 2 aliphatic heterocycles. The number of aliphatic hydroxyl groups excluding tert-OH is 1. The number of nitrogens with zero attached hydrogens (tertiary/aromatic N) is 2. The maximum absolute atomic E-state index is 12.9. The van der Waals surface area contributed by atoms with Crippen LogP contribution in [0, 0.1) is 0 Å². The van der Waals surface area contributed by atoms with Crippen molar-refractivity contribution in [3.63, 3.8) is 0 Å². The van der Waals surface area contributed by atoms with Crippen LogP contribution in [0.5, 0.6) is 0 Å². The first kappa shape index (κ1) is 17.7. The zero-order valence-electron chi connectivity index (χ0n) is 13.3. The van der Waals surface area contributed by atoms with Crippen LogP contribution in [0.1, 0.15) is 32.1 Å². The van der Waals surface area contributed by atoms with E-state index in [-0.39, 0.29) is 30.9 Å². The average molecular weight is 371 g/mol. The third-order valence-corrected chi connectivity index (χ3v) is 5.36. The van der Waals surface area contributed by atoms with Crippen LogP contribution >= 0.6 is 23.2 Å². The zero-order chi connectivity index (χ0) is 17.3. The van der Waals surface area contributed by atoms with Crippen LogP contribution in [-0.4, -0.2) is 47.1 Å². The Bertz CT molecular complexity index is 651. The van der Waals surface area contributed by atoms with Crippen LogP contribution in [0.2, 0.25) is 10.0 Å². The number of rotatable bonds is 4. The van der Waals surface area contributed by atoms with Gasteiger partial charge in [0.05, 0.1) is 23.2 Å². The quantitative estimate of drug-likeness (QED) is 0.827. The highest BCUT2D eigenvalue weighted by molar-refractivity contribution is 6.37. The van der Waals surface area contributed by atoms with Crippen LogP contribution in [-0.2, 0) is 9.59 Å². The number of hydrogen-bond acceptors (Lipinski definition) is 4. The molecule has 0 bridgehead atoms. The third-order valence-electron chi connectivity index (χ3n) is 4.81. The Hall–Kier alpha value is -1.14. The predicted molar refractivity (Wildman–Crippen MR) is 93.4 cm³/mol. The highest BCUT2D eigenvalue weighted by Gasteiger charge is 2.45. The first-order chi connectivity index (χ1) is 11.5. The Morgan fingerprint density at radius 2 is 2.00 bits per heavy atom. The first-order valence-electron chi connectivity index (χ1n) is 8.21. The first-order valence-corrected chi connectivity index (χ1v) is 8.97. The number of piperidine rings is 1. The summed E-state index contributed by atoms with van der Waals surface area (Å²) in [5.74, 6) is -0.517. The average Bonchev–Trinajstić information content (AvgIpc) is 2.85. The summed E-state index contributed by atoms with van der Waals surface area (Å²) in [5, 5.41) is 10.0. The summed E-state index contributed by atoms with van der Waals surface area (Å²) in [5.41, 5.74) is 0.345. The van der Waals surface area contributed by atoms with Crippen molar-refractivity contribution in [3.8, 4) is 0 Å². The van der Waals surface area contributed by atoms with E-state index in [9.17, 15) is 14.7 Å². The lowest BCUT2D eigenvalue weighted by atomic mass is 9.97. The summed E-state index contributed by atoms with van der Waals surface area (Å²) in [6.45, 7) is 0.853. The van der Waals surface area contributed by atoms with Gasteiger partial charge < -0.3 is 5.11 Å². The van der Waals surface area contributed by atoms with Crippen molar-refractivity contribution in [2.24, 2.45) is 0 Å². The second kappa shape index (κ2) is 7.40. The van der Waals surface area contributed by atoms with Crippen LogP contribution in [0.25, 0.3) is 0 Å². The van der Waals surface area contributed by atoms with Crippen molar-refractivity contribution in [2.75, 3.05) is 18.1 Å². The minimum atomic E-state index is -0.482. The van der Waals surface area contributed by atoms with Crippen molar-refractivity contribution in [2.45, 2.75) is 44.2 Å². The van der Waals surface area contributed by atoms with E-state index in [1.54, 1.807) is 18.2 Å². The number of anilines is 1. The highest BCUT2D eigenvalue weighted by atomic mass is 35.5. The minimum absolute atomic E-state index is 0.0832. The summed E-state index contributed by atoms with van der Waals surface area (Å²) >= 11 is 12.2. The van der Waals surface area contributed by atoms with Gasteiger partial charge in [0.2, 0.25) is 5.91 Å². The molecule has 3 rings (SSSR count). The maximum Gasteiger partial charge on any atom is 0.251 e. The lowest BCUT2D eigenvalue weighted by Gasteiger charge is -2.38. The number of carbonyl (C=O) groups is 2. The molecule has 1 N–H and O–H groups in total. The van der Waals surface area contributed by atoms with Gasteiger partial charge in [-0.25, -0.2) is 4.90 Å². The molecule has 0 saturated carbocycles. The molecule has 0 radical (unpaired) electrons. The minimum Gasteiger partial charge on any atom is -0.396 e. The van der Waals surface area contributed by atoms with Gasteiger partial charge in [0.1, 0.15) is 0 Å². The van der Waals surface area contributed by atoms with Gasteiger partial charge in [-0.3, -0.25) is 14.5 Å². The molecule has 2 atom stereocenters. The molecule has 2 amide bonds. The fourth-order valence-electron chi connectivity index (χ4n) is 3.68. The molecule has 1 aromatic carbocycles. The summed E-state index contributed by atoms with van der Waals surface area (Å²) in [7, 11) is 0. The SMILES string of the molecule is O=C1CC(N2CCCCC2CCO)C(=O)N1c1cc(Cl)ccc1Cl. The van der Waals surface area contributed by atoms with Gasteiger partial charge in [-0.15, -0.1) is 0 Å². The van der Waals surface area contributed by atoms with Crippen molar-refractivity contribution >= 4 is 40.7 Å². The molecular weight excluding hydrogens is 351 g/mol. The largest absolute Gasteiger partial charge is 0.396 e. The fraction of sp³-hybridized carbons (Fsp3) is 0.529. The van der Waals surface area contributed by atoms with Crippen molar-refractivity contribution in [1.29, 1.82) is 0 Å². The van der Waals surface area contributed by atoms with E-state index in [0.29, 0.717) is 22.2 Å². The third kappa shape index (κ3) is 3.31. The summed E-state index contributed by atoms with van der Waals surface area (Å²) in [6, 6.07) is 4.41. The molecule has 5 nitrogen and oxygen atoms in total. The second-order valence-corrected chi connectivity index (χ2v) is 7.13. The lowest BCUT2D eigenvalue weighted by molar-refractivity contribution is -0.123. The molecule has 7 heteroatoms. The topological polar surface area (TPSA) is 60.9 Å². The second-order valence-electron chi connectivity index (χ2n) is 6.28. The highest BCUT2D eigenvalue weighted by Crippen LogP contribution is 2.35. The van der Waals surface area contributed by atoms with E-state index in [4.69, 9.17) is 23.2 Å². The molecule has 2 saturated heterocycles. The van der Waals surface area contributed by atoms with Gasteiger partial charge in [0.25, 0.3) is 5.91 Å². The number of benzene rings is 1. The Kier molecular flexibility index (Phi) is 5.45. The number of hydrogen-bond donors (Lipinski definition) is 1. The monoisotopic (exact) mass is 370 g/mol. The van der Waals surface area contributed by atoms with Gasteiger partial charge in [-0.2, -0.15) is 0 Å². The number of amides is 2. The molecule has 24 heavy (non-hydrogen) atoms. The predicted octanol–water partition coefficient (Wildman–Crippen LogP) is 2.86. The molecule has 130 valence electrons. The number of halogens is 2. The number of likely N-dealkylation sites (tertiary alicyclic amines) is 1. The molecule has 2 unspecified atom stereocenters.